The lowest BCUT2D eigenvalue weighted by Crippen LogP contribution is -2.21. The van der Waals surface area contributed by atoms with Crippen LogP contribution < -0.4 is 22.1 Å². The van der Waals surface area contributed by atoms with E-state index >= 15 is 0 Å². The Morgan fingerprint density at radius 1 is 0.815 bits per heavy atom. The van der Waals surface area contributed by atoms with Crippen LogP contribution >= 0.6 is 48.0 Å². The minimum atomic E-state index is -0.00608. The van der Waals surface area contributed by atoms with Crippen molar-refractivity contribution in [3.8, 4) is 0 Å². The second-order valence-electron chi connectivity index (χ2n) is 4.84. The summed E-state index contributed by atoms with van der Waals surface area (Å²) < 4.78 is 1.01. The number of para-hydroxylation sites is 1. The Bertz CT molecular complexity index is 768. The molecule has 8 N–H and O–H groups in total. The smallest absolute Gasteiger partial charge is 0.158 e. The zero-order valence-electron chi connectivity index (χ0n) is 14.3. The van der Waals surface area contributed by atoms with E-state index < -0.39 is 0 Å². The second kappa shape index (κ2) is 13.1. The fraction of sp³-hybridized carbons (Fsp3) is 0.0588. The molecule has 0 aliphatic carbocycles. The summed E-state index contributed by atoms with van der Waals surface area (Å²) in [4.78, 5) is 0. The van der Waals surface area contributed by atoms with Gasteiger partial charge in [0, 0.05) is 12.2 Å². The Kier molecular flexibility index (Phi) is 11.1. The van der Waals surface area contributed by atoms with Crippen LogP contribution in [0.5, 0.6) is 0 Å². The van der Waals surface area contributed by atoms with Gasteiger partial charge in [-0.25, -0.2) is 0 Å². The molecule has 0 spiro atoms. The maximum Gasteiger partial charge on any atom is 0.158 e. The average molecular weight is 437 g/mol. The molecule has 0 saturated heterocycles. The molecular weight excluding hydrogens is 416 g/mol. The molecule has 0 aliphatic heterocycles. The standard InChI is InChI=1S/C9H11N3S2.C8H9N3S2/c10-8(11)14-9(13)12-6-7-4-2-1-3-5-7;9-7(10)13-8(12)11-6-4-2-1-3-5-6/h1-5H,6H2,(H3,10,11)(H,12,13);1-5H,(H3,9,10)(H,11,12). The molecule has 0 heterocycles. The third-order valence-corrected chi connectivity index (χ3v) is 4.51. The summed E-state index contributed by atoms with van der Waals surface area (Å²) in [5.74, 6) is 0. The van der Waals surface area contributed by atoms with E-state index in [2.05, 4.69) is 10.6 Å². The van der Waals surface area contributed by atoms with Gasteiger partial charge < -0.3 is 22.1 Å². The highest BCUT2D eigenvalue weighted by atomic mass is 32.2. The third-order valence-electron chi connectivity index (χ3n) is 2.71. The number of anilines is 1. The quantitative estimate of drug-likeness (QED) is 0.244. The van der Waals surface area contributed by atoms with Crippen molar-refractivity contribution in [1.29, 1.82) is 10.8 Å². The number of hydrogen-bond acceptors (Lipinski definition) is 6. The van der Waals surface area contributed by atoms with Gasteiger partial charge >= 0.3 is 0 Å². The monoisotopic (exact) mass is 436 g/mol. The zero-order valence-corrected chi connectivity index (χ0v) is 17.5. The first kappa shape index (κ1) is 22.9. The highest BCUT2D eigenvalue weighted by Crippen LogP contribution is 2.10. The molecule has 0 amide bonds. The summed E-state index contributed by atoms with van der Waals surface area (Å²) in [5, 5.41) is 20.0. The van der Waals surface area contributed by atoms with Crippen LogP contribution in [0.15, 0.2) is 60.7 Å². The topological polar surface area (TPSA) is 124 Å². The molecule has 2 rings (SSSR count). The Morgan fingerprint density at radius 2 is 1.30 bits per heavy atom. The molecule has 2 aromatic carbocycles. The van der Waals surface area contributed by atoms with Crippen LogP contribution in [0.3, 0.4) is 0 Å². The molecule has 6 nitrogen and oxygen atoms in total. The first-order valence-corrected chi connectivity index (χ1v) is 10.0. The number of benzene rings is 2. The maximum absolute atomic E-state index is 7.02. The average Bonchev–Trinajstić information content (AvgIpc) is 2.61. The number of nitrogens with two attached hydrogens (primary N) is 2. The first-order valence-electron chi connectivity index (χ1n) is 7.58. The van der Waals surface area contributed by atoms with Crippen molar-refractivity contribution in [3.63, 3.8) is 0 Å². The van der Waals surface area contributed by atoms with Crippen molar-refractivity contribution < 1.29 is 0 Å². The molecule has 142 valence electrons. The first-order chi connectivity index (χ1) is 12.9. The summed E-state index contributed by atoms with van der Waals surface area (Å²) in [6.45, 7) is 0.667. The fourth-order valence-corrected chi connectivity index (χ4v) is 3.11. The van der Waals surface area contributed by atoms with Crippen molar-refractivity contribution in [2.45, 2.75) is 6.54 Å². The van der Waals surface area contributed by atoms with Gasteiger partial charge in [0.2, 0.25) is 0 Å². The molecule has 0 atom stereocenters. The molecule has 0 saturated carbocycles. The van der Waals surface area contributed by atoms with Gasteiger partial charge in [-0.3, -0.25) is 10.8 Å². The molecular formula is C17H20N6S4. The van der Waals surface area contributed by atoms with Gasteiger partial charge in [0.1, 0.15) is 8.64 Å². The van der Waals surface area contributed by atoms with Gasteiger partial charge in [-0.2, -0.15) is 0 Å². The van der Waals surface area contributed by atoms with E-state index in [4.69, 9.17) is 46.7 Å². The van der Waals surface area contributed by atoms with Crippen molar-refractivity contribution in [2.75, 3.05) is 5.32 Å². The predicted octanol–water partition coefficient (Wildman–Crippen LogP) is 3.70. The Labute approximate surface area is 177 Å². The lowest BCUT2D eigenvalue weighted by Gasteiger charge is -2.05. The normalized spacial score (nSPS) is 9.33. The fourth-order valence-electron chi connectivity index (χ4n) is 1.67. The molecule has 0 aliphatic rings. The predicted molar refractivity (Wildman–Crippen MR) is 128 cm³/mol. The highest BCUT2D eigenvalue weighted by Gasteiger charge is 2.00. The molecule has 0 unspecified atom stereocenters. The van der Waals surface area contributed by atoms with Crippen LogP contribution in [0.4, 0.5) is 5.69 Å². The van der Waals surface area contributed by atoms with Crippen molar-refractivity contribution >= 4 is 72.6 Å². The number of amidine groups is 2. The van der Waals surface area contributed by atoms with Crippen LogP contribution in [0.1, 0.15) is 5.56 Å². The van der Waals surface area contributed by atoms with E-state index in [-0.39, 0.29) is 10.3 Å². The van der Waals surface area contributed by atoms with Crippen molar-refractivity contribution in [2.24, 2.45) is 11.5 Å². The number of rotatable bonds is 3. The summed E-state index contributed by atoms with van der Waals surface area (Å²) in [5.41, 5.74) is 12.4. The van der Waals surface area contributed by atoms with Crippen LogP contribution in [0.2, 0.25) is 0 Å². The molecule has 2 aromatic rings. The summed E-state index contributed by atoms with van der Waals surface area (Å²) in [6.07, 6.45) is 0. The molecule has 0 fully saturated rings. The minimum absolute atomic E-state index is 0.00608. The van der Waals surface area contributed by atoms with Crippen LogP contribution in [-0.4, -0.2) is 19.0 Å². The Balaban J connectivity index is 0.000000271. The number of nitrogens with one attached hydrogen (secondary N) is 4. The summed E-state index contributed by atoms with van der Waals surface area (Å²) in [6, 6.07) is 19.4. The van der Waals surface area contributed by atoms with Crippen molar-refractivity contribution in [3.05, 3.63) is 66.2 Å². The highest BCUT2D eigenvalue weighted by molar-refractivity contribution is 8.33. The maximum atomic E-state index is 7.02. The van der Waals surface area contributed by atoms with Crippen molar-refractivity contribution in [1.82, 2.24) is 5.32 Å². The summed E-state index contributed by atoms with van der Waals surface area (Å²) in [7, 11) is 0. The zero-order chi connectivity index (χ0) is 20.1. The number of thiocarbonyl (C=S) groups is 2. The van der Waals surface area contributed by atoms with E-state index in [1.54, 1.807) is 0 Å². The van der Waals surface area contributed by atoms with E-state index in [9.17, 15) is 0 Å². The second-order valence-corrected chi connectivity index (χ2v) is 8.28. The van der Waals surface area contributed by atoms with Gasteiger partial charge in [0.05, 0.1) is 0 Å². The molecule has 0 radical (unpaired) electrons. The molecule has 10 heteroatoms. The van der Waals surface area contributed by atoms with Gasteiger partial charge in [0.15, 0.2) is 10.3 Å². The Morgan fingerprint density at radius 3 is 1.81 bits per heavy atom. The third kappa shape index (κ3) is 12.0. The van der Waals surface area contributed by atoms with Gasteiger partial charge in [-0.1, -0.05) is 73.0 Å². The van der Waals surface area contributed by atoms with E-state index in [0.717, 1.165) is 34.8 Å². The SMILES string of the molecule is N=C(N)SC(=S)NCc1ccccc1.N=C(N)SC(=S)Nc1ccccc1. The Hall–Kier alpha value is -2.14. The van der Waals surface area contributed by atoms with Gasteiger partial charge in [0.25, 0.3) is 0 Å². The molecule has 27 heavy (non-hydrogen) atoms. The minimum Gasteiger partial charge on any atom is -0.378 e. The van der Waals surface area contributed by atoms with E-state index in [1.807, 2.05) is 60.7 Å². The summed E-state index contributed by atoms with van der Waals surface area (Å²) >= 11 is 12.0. The van der Waals surface area contributed by atoms with Gasteiger partial charge in [-0.15, -0.1) is 0 Å². The van der Waals surface area contributed by atoms with E-state index in [0.29, 0.717) is 15.2 Å². The molecule has 0 bridgehead atoms. The number of hydrogen-bond donors (Lipinski definition) is 6. The van der Waals surface area contributed by atoms with Crippen LogP contribution in [-0.2, 0) is 6.54 Å². The molecule has 0 aromatic heterocycles. The van der Waals surface area contributed by atoms with Crippen LogP contribution in [0.25, 0.3) is 0 Å². The lowest BCUT2D eigenvalue weighted by atomic mass is 10.2. The largest absolute Gasteiger partial charge is 0.378 e. The van der Waals surface area contributed by atoms with E-state index in [1.165, 1.54) is 0 Å². The lowest BCUT2D eigenvalue weighted by molar-refractivity contribution is 0.940. The number of thioether (sulfide) groups is 2. The van der Waals surface area contributed by atoms with Gasteiger partial charge in [-0.05, 0) is 41.2 Å². The van der Waals surface area contributed by atoms with Crippen LogP contribution in [0, 0.1) is 10.8 Å².